The van der Waals surface area contributed by atoms with Crippen LogP contribution in [0.3, 0.4) is 0 Å². The van der Waals surface area contributed by atoms with E-state index in [9.17, 15) is 13.2 Å². The van der Waals surface area contributed by atoms with Crippen LogP contribution in [0.1, 0.15) is 38.5 Å². The van der Waals surface area contributed by atoms with E-state index >= 15 is 0 Å². The van der Waals surface area contributed by atoms with E-state index in [0.717, 1.165) is 6.42 Å². The highest BCUT2D eigenvalue weighted by atomic mass is 19.4. The van der Waals surface area contributed by atoms with Crippen LogP contribution in [0, 0.1) is 5.92 Å². The smallest absolute Gasteiger partial charge is 0.372 e. The average molecular weight is 254 g/mol. The molecule has 1 atom stereocenters. The van der Waals surface area contributed by atoms with Gasteiger partial charge in [0.15, 0.2) is 0 Å². The van der Waals surface area contributed by atoms with E-state index in [1.807, 2.05) is 0 Å². The third-order valence-electron chi connectivity index (χ3n) is 3.20. The average Bonchev–Trinajstić information content (AvgIpc) is 2.73. The molecule has 1 aliphatic rings. The molecule has 1 fully saturated rings. The van der Waals surface area contributed by atoms with Gasteiger partial charge < -0.3 is 4.74 Å². The van der Waals surface area contributed by atoms with Gasteiger partial charge in [-0.05, 0) is 18.8 Å². The van der Waals surface area contributed by atoms with Crippen molar-refractivity contribution in [1.82, 2.24) is 5.43 Å². The number of rotatable bonds is 7. The Morgan fingerprint density at radius 1 is 1.29 bits per heavy atom. The first kappa shape index (κ1) is 14.7. The number of nitrogens with one attached hydrogen (secondary N) is 1. The Morgan fingerprint density at radius 3 is 2.47 bits per heavy atom. The van der Waals surface area contributed by atoms with Crippen LogP contribution in [0.4, 0.5) is 13.2 Å². The third kappa shape index (κ3) is 6.85. The number of hydrogen-bond donors (Lipinski definition) is 2. The molecule has 6 heteroatoms. The summed E-state index contributed by atoms with van der Waals surface area (Å²) in [6, 6.07) is 0.0614. The van der Waals surface area contributed by atoms with Crippen LogP contribution in [-0.2, 0) is 4.74 Å². The fourth-order valence-electron chi connectivity index (χ4n) is 2.33. The van der Waals surface area contributed by atoms with Crippen molar-refractivity contribution in [3.63, 3.8) is 0 Å². The molecule has 0 heterocycles. The van der Waals surface area contributed by atoms with Crippen molar-refractivity contribution in [3.05, 3.63) is 0 Å². The molecule has 0 aromatic heterocycles. The second-order valence-corrected chi connectivity index (χ2v) is 4.71. The lowest BCUT2D eigenvalue weighted by Crippen LogP contribution is -2.37. The zero-order valence-corrected chi connectivity index (χ0v) is 9.93. The summed E-state index contributed by atoms with van der Waals surface area (Å²) in [5, 5.41) is 0. The molecule has 0 aromatic carbocycles. The van der Waals surface area contributed by atoms with Crippen LogP contribution in [0.25, 0.3) is 0 Å². The topological polar surface area (TPSA) is 47.3 Å². The molecule has 0 amide bonds. The summed E-state index contributed by atoms with van der Waals surface area (Å²) in [6.45, 7) is -1.07. The predicted molar refractivity (Wildman–Crippen MR) is 59.2 cm³/mol. The van der Waals surface area contributed by atoms with Crippen molar-refractivity contribution in [2.45, 2.75) is 50.7 Å². The Balaban J connectivity index is 2.09. The van der Waals surface area contributed by atoms with Crippen molar-refractivity contribution in [3.8, 4) is 0 Å². The monoisotopic (exact) mass is 254 g/mol. The number of halogens is 3. The summed E-state index contributed by atoms with van der Waals surface area (Å²) in [6.07, 6.45) is 2.16. The Kier molecular flexibility index (Phi) is 6.22. The number of hydrogen-bond acceptors (Lipinski definition) is 3. The second-order valence-electron chi connectivity index (χ2n) is 4.71. The maximum Gasteiger partial charge on any atom is 0.411 e. The van der Waals surface area contributed by atoms with E-state index in [4.69, 9.17) is 5.84 Å². The Morgan fingerprint density at radius 2 is 1.94 bits per heavy atom. The minimum atomic E-state index is -4.24. The van der Waals surface area contributed by atoms with Gasteiger partial charge in [-0.1, -0.05) is 25.7 Å². The van der Waals surface area contributed by atoms with E-state index in [1.165, 1.54) is 25.7 Å². The lowest BCUT2D eigenvalue weighted by Gasteiger charge is -2.19. The quantitative estimate of drug-likeness (QED) is 0.416. The van der Waals surface area contributed by atoms with Gasteiger partial charge in [0.2, 0.25) is 0 Å². The summed E-state index contributed by atoms with van der Waals surface area (Å²) < 4.78 is 40.0. The fraction of sp³-hybridized carbons (Fsp3) is 1.00. The van der Waals surface area contributed by atoms with E-state index in [0.29, 0.717) is 12.3 Å². The van der Waals surface area contributed by atoms with Crippen LogP contribution in [0.2, 0.25) is 0 Å². The molecule has 17 heavy (non-hydrogen) atoms. The first-order valence-electron chi connectivity index (χ1n) is 6.12. The normalized spacial score (nSPS) is 19.8. The highest BCUT2D eigenvalue weighted by Gasteiger charge is 2.27. The minimum absolute atomic E-state index is 0.0614. The first-order chi connectivity index (χ1) is 8.01. The number of ether oxygens (including phenoxy) is 1. The molecular formula is C11H21F3N2O. The van der Waals surface area contributed by atoms with Crippen LogP contribution >= 0.6 is 0 Å². The highest BCUT2D eigenvalue weighted by molar-refractivity contribution is 4.74. The van der Waals surface area contributed by atoms with E-state index in [-0.39, 0.29) is 12.6 Å². The van der Waals surface area contributed by atoms with Crippen LogP contribution in [0.15, 0.2) is 0 Å². The summed E-state index contributed by atoms with van der Waals surface area (Å²) in [7, 11) is 0. The van der Waals surface area contributed by atoms with Gasteiger partial charge in [0.25, 0.3) is 0 Å². The van der Waals surface area contributed by atoms with Gasteiger partial charge in [0.1, 0.15) is 6.61 Å². The van der Waals surface area contributed by atoms with Gasteiger partial charge in [0, 0.05) is 12.6 Å². The van der Waals surface area contributed by atoms with Crippen LogP contribution < -0.4 is 11.3 Å². The number of alkyl halides is 3. The molecular weight excluding hydrogens is 233 g/mol. The molecule has 0 aliphatic heterocycles. The van der Waals surface area contributed by atoms with Crippen molar-refractivity contribution < 1.29 is 17.9 Å². The van der Waals surface area contributed by atoms with E-state index < -0.39 is 12.8 Å². The Bertz CT molecular complexity index is 205. The lowest BCUT2D eigenvalue weighted by atomic mass is 9.97. The first-order valence-corrected chi connectivity index (χ1v) is 6.12. The molecule has 0 saturated heterocycles. The molecule has 0 bridgehead atoms. The zero-order valence-electron chi connectivity index (χ0n) is 9.93. The van der Waals surface area contributed by atoms with Crippen molar-refractivity contribution in [1.29, 1.82) is 0 Å². The van der Waals surface area contributed by atoms with Crippen molar-refractivity contribution >= 4 is 0 Å². The van der Waals surface area contributed by atoms with Gasteiger partial charge in [-0.25, -0.2) is 0 Å². The van der Waals surface area contributed by atoms with Gasteiger partial charge in [-0.2, -0.15) is 13.2 Å². The minimum Gasteiger partial charge on any atom is -0.372 e. The van der Waals surface area contributed by atoms with Gasteiger partial charge in [-0.15, -0.1) is 0 Å². The number of nitrogens with two attached hydrogens (primary N) is 1. The fourth-order valence-corrected chi connectivity index (χ4v) is 2.33. The largest absolute Gasteiger partial charge is 0.411 e. The summed E-state index contributed by atoms with van der Waals surface area (Å²) >= 11 is 0. The van der Waals surface area contributed by atoms with Crippen LogP contribution in [-0.4, -0.2) is 25.4 Å². The second kappa shape index (κ2) is 7.18. The molecule has 1 unspecified atom stereocenters. The molecule has 0 spiro atoms. The number of hydrazine groups is 1. The SMILES string of the molecule is NNC(CCOCC(F)(F)F)CC1CCCC1. The Hall–Kier alpha value is -0.330. The molecule has 1 aliphatic carbocycles. The zero-order chi connectivity index (χ0) is 12.7. The molecule has 3 N–H and O–H groups in total. The van der Waals surface area contributed by atoms with Gasteiger partial charge in [0.05, 0.1) is 0 Å². The summed E-state index contributed by atoms with van der Waals surface area (Å²) in [5.41, 5.74) is 2.67. The standard InChI is InChI=1S/C11H21F3N2O/c12-11(13,14)8-17-6-5-10(16-15)7-9-3-1-2-4-9/h9-10,16H,1-8,15H2. The molecule has 0 aromatic rings. The maximum absolute atomic E-state index is 11.8. The highest BCUT2D eigenvalue weighted by Crippen LogP contribution is 2.29. The van der Waals surface area contributed by atoms with Gasteiger partial charge in [-0.3, -0.25) is 11.3 Å². The summed E-state index contributed by atoms with van der Waals surface area (Å²) in [5.74, 6) is 6.06. The lowest BCUT2D eigenvalue weighted by molar-refractivity contribution is -0.174. The maximum atomic E-state index is 11.8. The van der Waals surface area contributed by atoms with Crippen LogP contribution in [0.5, 0.6) is 0 Å². The predicted octanol–water partition coefficient (Wildman–Crippen LogP) is 2.37. The molecule has 1 saturated carbocycles. The van der Waals surface area contributed by atoms with Gasteiger partial charge >= 0.3 is 6.18 Å². The molecule has 102 valence electrons. The van der Waals surface area contributed by atoms with E-state index in [2.05, 4.69) is 10.2 Å². The Labute approximate surface area is 99.9 Å². The molecule has 1 rings (SSSR count). The summed E-state index contributed by atoms with van der Waals surface area (Å²) in [4.78, 5) is 0. The molecule has 3 nitrogen and oxygen atoms in total. The van der Waals surface area contributed by atoms with E-state index in [1.54, 1.807) is 0 Å². The third-order valence-corrected chi connectivity index (χ3v) is 3.20. The van der Waals surface area contributed by atoms with Crippen molar-refractivity contribution in [2.24, 2.45) is 11.8 Å². The van der Waals surface area contributed by atoms with Crippen molar-refractivity contribution in [2.75, 3.05) is 13.2 Å². The molecule has 0 radical (unpaired) electrons.